The molecule has 0 atom stereocenters. The molecule has 0 amide bonds. The quantitative estimate of drug-likeness (QED) is 0.778. The molecule has 22 heavy (non-hydrogen) atoms. The van der Waals surface area contributed by atoms with Crippen molar-refractivity contribution in [3.8, 4) is 11.5 Å². The fourth-order valence-electron chi connectivity index (χ4n) is 2.48. The summed E-state index contributed by atoms with van der Waals surface area (Å²) in [6.45, 7) is 5.11. The fourth-order valence-corrected chi connectivity index (χ4v) is 2.65. The lowest BCUT2D eigenvalue weighted by atomic mass is 10.2. The minimum absolute atomic E-state index is 0.109. The molecule has 0 unspecified atom stereocenters. The van der Waals surface area contributed by atoms with Crippen LogP contribution in [0.1, 0.15) is 24.3 Å². The zero-order valence-corrected chi connectivity index (χ0v) is 13.0. The molecule has 1 N–H and O–H groups in total. The first-order valence-electron chi connectivity index (χ1n) is 6.93. The molecule has 0 radical (unpaired) electrons. The van der Waals surface area contributed by atoms with Gasteiger partial charge in [0.25, 0.3) is 0 Å². The van der Waals surface area contributed by atoms with Crippen LogP contribution in [0.25, 0.3) is 22.4 Å². The number of oxazole rings is 1. The molecular formula is C16H15ClN2O3. The summed E-state index contributed by atoms with van der Waals surface area (Å²) < 4.78 is 7.44. The third-order valence-corrected chi connectivity index (χ3v) is 3.59. The standard InChI is InChI=1S/C16H15ClN2O3/c1-9(2)6-19-7-12(11-5-10(17)3-4-14(11)19)15-18-13(8-22-15)16(20)21/h3-5,7-9H,6H2,1-2H3,(H,20,21). The van der Waals surface area contributed by atoms with Gasteiger partial charge in [-0.15, -0.1) is 0 Å². The van der Waals surface area contributed by atoms with Crippen molar-refractivity contribution in [3.05, 3.63) is 41.4 Å². The molecule has 1 aromatic carbocycles. The normalized spacial score (nSPS) is 11.5. The van der Waals surface area contributed by atoms with Crippen LogP contribution in [0.15, 0.2) is 35.1 Å². The van der Waals surface area contributed by atoms with Gasteiger partial charge in [-0.25, -0.2) is 9.78 Å². The van der Waals surface area contributed by atoms with Crippen LogP contribution in [-0.4, -0.2) is 20.6 Å². The van der Waals surface area contributed by atoms with Crippen LogP contribution < -0.4 is 0 Å². The van der Waals surface area contributed by atoms with Crippen LogP contribution in [0.5, 0.6) is 0 Å². The Labute approximate surface area is 132 Å². The van der Waals surface area contributed by atoms with Gasteiger partial charge in [0, 0.05) is 28.7 Å². The Morgan fingerprint density at radius 2 is 2.23 bits per heavy atom. The van der Waals surface area contributed by atoms with Gasteiger partial charge in [0.05, 0.1) is 5.56 Å². The lowest BCUT2D eigenvalue weighted by Crippen LogP contribution is -2.02. The van der Waals surface area contributed by atoms with Gasteiger partial charge in [-0.05, 0) is 24.1 Å². The Balaban J connectivity index is 2.19. The van der Waals surface area contributed by atoms with Gasteiger partial charge in [0.2, 0.25) is 5.89 Å². The van der Waals surface area contributed by atoms with E-state index >= 15 is 0 Å². The van der Waals surface area contributed by atoms with Crippen molar-refractivity contribution in [1.82, 2.24) is 9.55 Å². The summed E-state index contributed by atoms with van der Waals surface area (Å²) in [6.07, 6.45) is 3.08. The Hall–Kier alpha value is -2.27. The molecule has 0 saturated heterocycles. The van der Waals surface area contributed by atoms with Crippen molar-refractivity contribution < 1.29 is 14.3 Å². The maximum absolute atomic E-state index is 11.0. The first kappa shape index (κ1) is 14.7. The van der Waals surface area contributed by atoms with E-state index in [2.05, 4.69) is 23.4 Å². The van der Waals surface area contributed by atoms with Gasteiger partial charge in [-0.1, -0.05) is 25.4 Å². The van der Waals surface area contributed by atoms with E-state index in [4.69, 9.17) is 21.1 Å². The third kappa shape index (κ3) is 2.60. The van der Waals surface area contributed by atoms with Crippen molar-refractivity contribution in [2.75, 3.05) is 0 Å². The van der Waals surface area contributed by atoms with Crippen LogP contribution in [-0.2, 0) is 6.54 Å². The molecular weight excluding hydrogens is 304 g/mol. The summed E-state index contributed by atoms with van der Waals surface area (Å²) in [5, 5.41) is 10.5. The number of carboxylic acid groups (broad SMARTS) is 1. The predicted octanol–water partition coefficient (Wildman–Crippen LogP) is 4.30. The van der Waals surface area contributed by atoms with E-state index in [-0.39, 0.29) is 11.6 Å². The van der Waals surface area contributed by atoms with Gasteiger partial charge >= 0.3 is 5.97 Å². The third-order valence-electron chi connectivity index (χ3n) is 3.36. The number of aromatic carboxylic acids is 1. The summed E-state index contributed by atoms with van der Waals surface area (Å²) in [5.41, 5.74) is 1.65. The molecule has 2 heterocycles. The number of rotatable bonds is 4. The number of fused-ring (bicyclic) bond motifs is 1. The van der Waals surface area contributed by atoms with E-state index in [0.717, 1.165) is 29.3 Å². The molecule has 0 bridgehead atoms. The highest BCUT2D eigenvalue weighted by atomic mass is 35.5. The summed E-state index contributed by atoms with van der Waals surface area (Å²) in [4.78, 5) is 15.0. The van der Waals surface area contributed by atoms with E-state index < -0.39 is 5.97 Å². The highest BCUT2D eigenvalue weighted by molar-refractivity contribution is 6.31. The fraction of sp³-hybridized carbons (Fsp3) is 0.250. The Bertz CT molecular complexity index is 848. The zero-order valence-electron chi connectivity index (χ0n) is 12.2. The number of aromatic nitrogens is 2. The van der Waals surface area contributed by atoms with Crippen LogP contribution in [0.2, 0.25) is 5.02 Å². The average molecular weight is 319 g/mol. The molecule has 114 valence electrons. The average Bonchev–Trinajstić information content (AvgIpc) is 3.03. The lowest BCUT2D eigenvalue weighted by molar-refractivity contribution is 0.0690. The maximum Gasteiger partial charge on any atom is 0.357 e. The van der Waals surface area contributed by atoms with Gasteiger partial charge in [0.15, 0.2) is 5.69 Å². The molecule has 0 aliphatic heterocycles. The van der Waals surface area contributed by atoms with E-state index in [1.807, 2.05) is 24.4 Å². The number of carbonyl (C=O) groups is 1. The number of hydrogen-bond acceptors (Lipinski definition) is 3. The minimum atomic E-state index is -1.11. The number of carboxylic acids is 1. The number of nitrogens with zero attached hydrogens (tertiary/aromatic N) is 2. The smallest absolute Gasteiger partial charge is 0.357 e. The molecule has 3 rings (SSSR count). The van der Waals surface area contributed by atoms with Crippen LogP contribution in [0, 0.1) is 5.92 Å². The zero-order chi connectivity index (χ0) is 15.9. The monoisotopic (exact) mass is 318 g/mol. The predicted molar refractivity (Wildman–Crippen MR) is 84.2 cm³/mol. The summed E-state index contributed by atoms with van der Waals surface area (Å²) in [7, 11) is 0. The maximum atomic E-state index is 11.0. The van der Waals surface area contributed by atoms with E-state index in [1.54, 1.807) is 0 Å². The Morgan fingerprint density at radius 1 is 1.45 bits per heavy atom. The SMILES string of the molecule is CC(C)Cn1cc(-c2nc(C(=O)O)co2)c2cc(Cl)ccc21. The number of hydrogen-bond donors (Lipinski definition) is 1. The highest BCUT2D eigenvalue weighted by Crippen LogP contribution is 2.32. The second kappa shape index (κ2) is 5.50. The van der Waals surface area contributed by atoms with E-state index in [9.17, 15) is 4.79 Å². The first-order chi connectivity index (χ1) is 10.5. The summed E-state index contributed by atoms with van der Waals surface area (Å²) >= 11 is 6.09. The van der Waals surface area contributed by atoms with Crippen molar-refractivity contribution >= 4 is 28.5 Å². The molecule has 0 aliphatic carbocycles. The Morgan fingerprint density at radius 3 is 2.86 bits per heavy atom. The van der Waals surface area contributed by atoms with Crippen LogP contribution >= 0.6 is 11.6 Å². The van der Waals surface area contributed by atoms with Crippen molar-refractivity contribution in [1.29, 1.82) is 0 Å². The molecule has 0 spiro atoms. The Kier molecular flexibility index (Phi) is 3.66. The molecule has 0 fully saturated rings. The molecule has 5 nitrogen and oxygen atoms in total. The van der Waals surface area contributed by atoms with Gasteiger partial charge in [-0.3, -0.25) is 0 Å². The molecule has 6 heteroatoms. The van der Waals surface area contributed by atoms with Crippen molar-refractivity contribution in [3.63, 3.8) is 0 Å². The number of benzene rings is 1. The summed E-state index contributed by atoms with van der Waals surface area (Å²) in [5.74, 6) is -0.357. The largest absolute Gasteiger partial charge is 0.476 e. The first-order valence-corrected chi connectivity index (χ1v) is 7.31. The molecule has 2 aromatic heterocycles. The highest BCUT2D eigenvalue weighted by Gasteiger charge is 2.18. The second-order valence-corrected chi connectivity index (χ2v) is 6.03. The molecule has 0 saturated carbocycles. The number of halogens is 1. The van der Waals surface area contributed by atoms with Crippen LogP contribution in [0.3, 0.4) is 0 Å². The molecule has 0 aliphatic rings. The molecule has 3 aromatic rings. The van der Waals surface area contributed by atoms with Crippen LogP contribution in [0.4, 0.5) is 0 Å². The van der Waals surface area contributed by atoms with E-state index in [0.29, 0.717) is 10.9 Å². The lowest BCUT2D eigenvalue weighted by Gasteiger charge is -2.07. The van der Waals surface area contributed by atoms with Gasteiger partial charge < -0.3 is 14.1 Å². The van der Waals surface area contributed by atoms with Gasteiger partial charge in [-0.2, -0.15) is 0 Å². The van der Waals surface area contributed by atoms with E-state index in [1.165, 1.54) is 0 Å². The second-order valence-electron chi connectivity index (χ2n) is 5.59. The minimum Gasteiger partial charge on any atom is -0.476 e. The van der Waals surface area contributed by atoms with Gasteiger partial charge in [0.1, 0.15) is 6.26 Å². The van der Waals surface area contributed by atoms with Crippen molar-refractivity contribution in [2.24, 2.45) is 5.92 Å². The summed E-state index contributed by atoms with van der Waals surface area (Å²) in [6, 6.07) is 5.63. The van der Waals surface area contributed by atoms with Crippen molar-refractivity contribution in [2.45, 2.75) is 20.4 Å². The topological polar surface area (TPSA) is 68.3 Å².